The molecule has 0 fully saturated rings. The molecule has 16 heavy (non-hydrogen) atoms. The van der Waals surface area contributed by atoms with Crippen LogP contribution >= 0.6 is 11.6 Å². The number of carbonyl (C=O) groups excluding carboxylic acids is 2. The average Bonchev–Trinajstić information content (AvgIpc) is 2.29. The number of alkyl halides is 1. The molecular formula is C11H10ClFO3. The molecule has 0 aliphatic carbocycles. The Morgan fingerprint density at radius 2 is 2.06 bits per heavy atom. The van der Waals surface area contributed by atoms with Crippen LogP contribution in [0.4, 0.5) is 4.39 Å². The van der Waals surface area contributed by atoms with Crippen LogP contribution in [0.5, 0.6) is 0 Å². The fourth-order valence-corrected chi connectivity index (χ4v) is 1.57. The molecule has 0 heterocycles. The molecule has 0 N–H and O–H groups in total. The molecule has 86 valence electrons. The quantitative estimate of drug-likeness (QED) is 0.465. The number of carbonyl (C=O) groups is 2. The predicted octanol–water partition coefficient (Wildman–Crippen LogP) is 2.16. The first-order chi connectivity index (χ1) is 7.49. The fraction of sp³-hybridized carbons (Fsp3) is 0.273. The molecule has 1 aromatic rings. The minimum absolute atomic E-state index is 0.250. The summed E-state index contributed by atoms with van der Waals surface area (Å²) in [5.41, 5.74) is 0.525. The number of hydrogen-bond acceptors (Lipinski definition) is 3. The van der Waals surface area contributed by atoms with E-state index in [1.807, 2.05) is 0 Å². The number of Topliss-reactive ketones (excluding diaryl/α,β-unsaturated/α-hetero) is 1. The minimum atomic E-state index is -1.22. The summed E-state index contributed by atoms with van der Waals surface area (Å²) in [5.74, 6) is -2.41. The highest BCUT2D eigenvalue weighted by atomic mass is 35.5. The molecule has 0 spiro atoms. The largest absolute Gasteiger partial charge is 0.463 e. The third-order valence-electron chi connectivity index (χ3n) is 2.20. The summed E-state index contributed by atoms with van der Waals surface area (Å²) in [4.78, 5) is 22.4. The first-order valence-corrected chi connectivity index (χ1v) is 4.94. The van der Waals surface area contributed by atoms with E-state index in [2.05, 4.69) is 4.74 Å². The second-order valence-electron chi connectivity index (χ2n) is 3.17. The Balaban J connectivity index is 3.05. The van der Waals surface area contributed by atoms with Crippen molar-refractivity contribution >= 4 is 23.4 Å². The zero-order valence-electron chi connectivity index (χ0n) is 8.79. The summed E-state index contributed by atoms with van der Waals surface area (Å²) >= 11 is 5.79. The van der Waals surface area contributed by atoms with E-state index < -0.39 is 22.9 Å². The first-order valence-electron chi connectivity index (χ1n) is 4.50. The molecule has 0 unspecified atom stereocenters. The smallest absolute Gasteiger partial charge is 0.376 e. The fourth-order valence-electron chi connectivity index (χ4n) is 1.24. The van der Waals surface area contributed by atoms with Crippen molar-refractivity contribution in [3.05, 3.63) is 35.1 Å². The lowest BCUT2D eigenvalue weighted by Gasteiger charge is -2.10. The minimum Gasteiger partial charge on any atom is -0.463 e. The molecule has 3 nitrogen and oxygen atoms in total. The number of esters is 1. The van der Waals surface area contributed by atoms with Crippen molar-refractivity contribution in [3.8, 4) is 0 Å². The highest BCUT2D eigenvalue weighted by Gasteiger charge is 2.27. The Morgan fingerprint density at radius 1 is 1.44 bits per heavy atom. The van der Waals surface area contributed by atoms with Crippen molar-refractivity contribution in [2.75, 3.05) is 7.11 Å². The van der Waals surface area contributed by atoms with Gasteiger partial charge in [0, 0.05) is 0 Å². The molecule has 0 amide bonds. The maximum absolute atomic E-state index is 13.2. The van der Waals surface area contributed by atoms with Crippen LogP contribution in [0.2, 0.25) is 0 Å². The lowest BCUT2D eigenvalue weighted by atomic mass is 10.0. The van der Waals surface area contributed by atoms with E-state index in [1.165, 1.54) is 25.1 Å². The predicted molar refractivity (Wildman–Crippen MR) is 56.8 cm³/mol. The maximum Gasteiger partial charge on any atom is 0.376 e. The van der Waals surface area contributed by atoms with E-state index in [0.29, 0.717) is 0 Å². The Bertz CT molecular complexity index is 431. The lowest BCUT2D eigenvalue weighted by Crippen LogP contribution is -2.21. The average molecular weight is 245 g/mol. The van der Waals surface area contributed by atoms with Gasteiger partial charge in [0.1, 0.15) is 11.2 Å². The van der Waals surface area contributed by atoms with Crippen molar-refractivity contribution in [2.45, 2.75) is 12.3 Å². The molecule has 0 bridgehead atoms. The molecule has 0 aliphatic heterocycles. The molecule has 0 aromatic heterocycles. The number of ether oxygens (including phenoxy) is 1. The Kier molecular flexibility index (Phi) is 4.01. The summed E-state index contributed by atoms with van der Waals surface area (Å²) in [7, 11) is 1.09. The molecule has 0 radical (unpaired) electrons. The lowest BCUT2D eigenvalue weighted by molar-refractivity contribution is -0.151. The molecular weight excluding hydrogens is 235 g/mol. The monoisotopic (exact) mass is 244 g/mol. The zero-order valence-corrected chi connectivity index (χ0v) is 9.55. The van der Waals surface area contributed by atoms with E-state index in [9.17, 15) is 14.0 Å². The van der Waals surface area contributed by atoms with Gasteiger partial charge in [-0.2, -0.15) is 0 Å². The van der Waals surface area contributed by atoms with Crippen molar-refractivity contribution in [2.24, 2.45) is 0 Å². The van der Waals surface area contributed by atoms with Crippen LogP contribution in [-0.4, -0.2) is 18.9 Å². The second-order valence-corrected chi connectivity index (χ2v) is 3.61. The van der Waals surface area contributed by atoms with Gasteiger partial charge in [-0.25, -0.2) is 9.18 Å². The third kappa shape index (κ3) is 2.39. The Labute approximate surface area is 97.2 Å². The summed E-state index contributed by atoms with van der Waals surface area (Å²) in [5, 5.41) is -1.22. The van der Waals surface area contributed by atoms with Crippen LogP contribution < -0.4 is 0 Å². The van der Waals surface area contributed by atoms with Gasteiger partial charge < -0.3 is 4.74 Å². The van der Waals surface area contributed by atoms with Gasteiger partial charge in [-0.05, 0) is 24.1 Å². The van der Waals surface area contributed by atoms with Gasteiger partial charge in [-0.15, -0.1) is 11.6 Å². The molecule has 0 saturated carbocycles. The number of methoxy groups -OCH3 is 1. The van der Waals surface area contributed by atoms with E-state index in [4.69, 9.17) is 11.6 Å². The van der Waals surface area contributed by atoms with E-state index in [1.54, 1.807) is 0 Å². The summed E-state index contributed by atoms with van der Waals surface area (Å²) in [6, 6.07) is 4.18. The Hall–Kier alpha value is -1.42. The zero-order chi connectivity index (χ0) is 12.3. The van der Waals surface area contributed by atoms with Gasteiger partial charge >= 0.3 is 5.97 Å². The van der Waals surface area contributed by atoms with Crippen molar-refractivity contribution in [1.82, 2.24) is 0 Å². The van der Waals surface area contributed by atoms with Crippen LogP contribution in [-0.2, 0) is 14.3 Å². The first kappa shape index (κ1) is 12.6. The van der Waals surface area contributed by atoms with E-state index in [-0.39, 0.29) is 11.1 Å². The van der Waals surface area contributed by atoms with Crippen LogP contribution in [0.1, 0.15) is 16.5 Å². The number of ketones is 1. The topological polar surface area (TPSA) is 43.4 Å². The molecule has 5 heteroatoms. The summed E-state index contributed by atoms with van der Waals surface area (Å²) in [6.45, 7) is 1.49. The van der Waals surface area contributed by atoms with E-state index >= 15 is 0 Å². The molecule has 0 saturated heterocycles. The number of hydrogen-bond donors (Lipinski definition) is 0. The van der Waals surface area contributed by atoms with Crippen LogP contribution in [0.3, 0.4) is 0 Å². The van der Waals surface area contributed by atoms with Gasteiger partial charge in [-0.1, -0.05) is 12.1 Å². The normalized spacial score (nSPS) is 12.0. The molecule has 1 aromatic carbocycles. The highest BCUT2D eigenvalue weighted by Crippen LogP contribution is 2.26. The number of rotatable bonds is 3. The van der Waals surface area contributed by atoms with Gasteiger partial charge in [0.05, 0.1) is 7.11 Å². The standard InChI is InChI=1S/C11H10ClFO3/c1-6-7(4-3-5-8(6)13)9(12)10(14)11(15)16-2/h3-5,9H,1-2H3/t9-/m1/s1. The van der Waals surface area contributed by atoms with Crippen molar-refractivity contribution in [1.29, 1.82) is 0 Å². The van der Waals surface area contributed by atoms with Gasteiger partial charge in [0.15, 0.2) is 0 Å². The number of halogens is 2. The second kappa shape index (κ2) is 5.07. The number of benzene rings is 1. The Morgan fingerprint density at radius 3 is 2.62 bits per heavy atom. The highest BCUT2D eigenvalue weighted by molar-refractivity contribution is 6.47. The van der Waals surface area contributed by atoms with Crippen LogP contribution in [0, 0.1) is 12.7 Å². The van der Waals surface area contributed by atoms with Gasteiger partial charge in [0.2, 0.25) is 0 Å². The van der Waals surface area contributed by atoms with Gasteiger partial charge in [0.25, 0.3) is 5.78 Å². The van der Waals surface area contributed by atoms with Crippen LogP contribution in [0.25, 0.3) is 0 Å². The van der Waals surface area contributed by atoms with Crippen molar-refractivity contribution in [3.63, 3.8) is 0 Å². The SMILES string of the molecule is COC(=O)C(=O)[C@H](Cl)c1cccc(F)c1C. The maximum atomic E-state index is 13.2. The third-order valence-corrected chi connectivity index (χ3v) is 2.63. The van der Waals surface area contributed by atoms with Gasteiger partial charge in [-0.3, -0.25) is 4.79 Å². The van der Waals surface area contributed by atoms with E-state index in [0.717, 1.165) is 7.11 Å². The summed E-state index contributed by atoms with van der Waals surface area (Å²) in [6.07, 6.45) is 0. The summed E-state index contributed by atoms with van der Waals surface area (Å²) < 4.78 is 17.5. The molecule has 0 aliphatic rings. The van der Waals surface area contributed by atoms with Crippen molar-refractivity contribution < 1.29 is 18.7 Å². The molecule has 1 atom stereocenters. The van der Waals surface area contributed by atoms with Crippen LogP contribution in [0.15, 0.2) is 18.2 Å². The molecule has 1 rings (SSSR count).